The predicted octanol–water partition coefficient (Wildman–Crippen LogP) is 3.88. The number of nitrogens with one attached hydrogen (secondary N) is 2. The zero-order valence-corrected chi connectivity index (χ0v) is 14.6. The Morgan fingerprint density at radius 1 is 1.27 bits per heavy atom. The van der Waals surface area contributed by atoms with Gasteiger partial charge in [0.25, 0.3) is 0 Å². The minimum Gasteiger partial charge on any atom is -0.351 e. The Morgan fingerprint density at radius 3 is 2.85 bits per heavy atom. The summed E-state index contributed by atoms with van der Waals surface area (Å²) in [6.45, 7) is 4.93. The summed E-state index contributed by atoms with van der Waals surface area (Å²) in [4.78, 5) is 15.7. The molecular formula is C18H18F2N6. The van der Waals surface area contributed by atoms with E-state index in [4.69, 9.17) is 0 Å². The molecule has 4 rings (SSSR count). The maximum Gasteiger partial charge on any atom is 0.224 e. The second-order valence-electron chi connectivity index (χ2n) is 6.90. The predicted molar refractivity (Wildman–Crippen MR) is 96.4 cm³/mol. The zero-order valence-electron chi connectivity index (χ0n) is 14.6. The average molecular weight is 356 g/mol. The molecule has 0 fully saturated rings. The zero-order chi connectivity index (χ0) is 18.5. The molecule has 4 aromatic rings. The van der Waals surface area contributed by atoms with Crippen LogP contribution in [0.15, 0.2) is 30.9 Å². The van der Waals surface area contributed by atoms with Crippen molar-refractivity contribution in [2.45, 2.75) is 26.4 Å². The molecular weight excluding hydrogens is 338 g/mol. The standard InChI is InChI=1S/C18H18F2N6/c1-10-5-22-16-14(19)4-11(8-26(10)16)12-6-21-15-13(12)7-23-17(25-15)24-9-18(2,3)20/h4-8H,9H2,1-3H3,(H2,21,23,24,25). The third-order valence-corrected chi connectivity index (χ3v) is 4.16. The summed E-state index contributed by atoms with van der Waals surface area (Å²) < 4.78 is 29.7. The van der Waals surface area contributed by atoms with Gasteiger partial charge in [-0.05, 0) is 26.8 Å². The van der Waals surface area contributed by atoms with Gasteiger partial charge in [0.2, 0.25) is 5.95 Å². The highest BCUT2D eigenvalue weighted by Gasteiger charge is 2.17. The van der Waals surface area contributed by atoms with Crippen LogP contribution in [0.2, 0.25) is 0 Å². The van der Waals surface area contributed by atoms with Gasteiger partial charge < -0.3 is 14.7 Å². The molecule has 0 amide bonds. The number of hydrogen-bond donors (Lipinski definition) is 2. The molecule has 4 heterocycles. The highest BCUT2D eigenvalue weighted by molar-refractivity contribution is 5.93. The molecule has 0 saturated carbocycles. The Balaban J connectivity index is 1.75. The molecule has 8 heteroatoms. The summed E-state index contributed by atoms with van der Waals surface area (Å²) in [6.07, 6.45) is 6.87. The molecule has 0 unspecified atom stereocenters. The van der Waals surface area contributed by atoms with Crippen LogP contribution < -0.4 is 5.32 Å². The number of alkyl halides is 1. The maximum absolute atomic E-state index is 14.4. The quantitative estimate of drug-likeness (QED) is 0.582. The summed E-state index contributed by atoms with van der Waals surface area (Å²) in [6, 6.07) is 1.45. The number of aromatic amines is 1. The van der Waals surface area contributed by atoms with Crippen LogP contribution in [0, 0.1) is 12.7 Å². The van der Waals surface area contributed by atoms with Gasteiger partial charge in [-0.25, -0.2) is 18.7 Å². The summed E-state index contributed by atoms with van der Waals surface area (Å²) >= 11 is 0. The van der Waals surface area contributed by atoms with Gasteiger partial charge >= 0.3 is 0 Å². The van der Waals surface area contributed by atoms with Crippen LogP contribution in [0.4, 0.5) is 14.7 Å². The first-order chi connectivity index (χ1) is 12.3. The van der Waals surface area contributed by atoms with Gasteiger partial charge in [-0.2, -0.15) is 4.98 Å². The number of anilines is 1. The topological polar surface area (TPSA) is 70.9 Å². The lowest BCUT2D eigenvalue weighted by molar-refractivity contribution is 0.234. The molecule has 0 aliphatic rings. The summed E-state index contributed by atoms with van der Waals surface area (Å²) in [5, 5.41) is 3.63. The first kappa shape index (κ1) is 16.4. The minimum absolute atomic E-state index is 0.105. The molecule has 6 nitrogen and oxygen atoms in total. The van der Waals surface area contributed by atoms with Crippen molar-refractivity contribution in [1.82, 2.24) is 24.3 Å². The van der Waals surface area contributed by atoms with Crippen LogP contribution in [0.1, 0.15) is 19.5 Å². The van der Waals surface area contributed by atoms with Gasteiger partial charge in [0, 0.05) is 47.0 Å². The maximum atomic E-state index is 14.4. The molecule has 4 aromatic heterocycles. The van der Waals surface area contributed by atoms with E-state index in [0.717, 1.165) is 16.6 Å². The van der Waals surface area contributed by atoms with Gasteiger partial charge in [0.15, 0.2) is 11.5 Å². The van der Waals surface area contributed by atoms with Crippen LogP contribution in [0.5, 0.6) is 0 Å². The lowest BCUT2D eigenvalue weighted by Gasteiger charge is -2.14. The SMILES string of the molecule is Cc1cnc2c(F)cc(-c3c[nH]c4nc(NCC(C)(C)F)ncc34)cn12. The lowest BCUT2D eigenvalue weighted by atomic mass is 10.1. The van der Waals surface area contributed by atoms with Crippen molar-refractivity contribution in [3.63, 3.8) is 0 Å². The van der Waals surface area contributed by atoms with E-state index in [1.807, 2.05) is 13.1 Å². The van der Waals surface area contributed by atoms with Crippen LogP contribution >= 0.6 is 0 Å². The Labute approximate surface area is 148 Å². The van der Waals surface area contributed by atoms with E-state index >= 15 is 0 Å². The van der Waals surface area contributed by atoms with Gasteiger partial charge in [0.1, 0.15) is 11.3 Å². The van der Waals surface area contributed by atoms with E-state index in [0.29, 0.717) is 22.8 Å². The Hall–Kier alpha value is -3.03. The molecule has 0 aliphatic carbocycles. The molecule has 0 aromatic carbocycles. The molecule has 0 bridgehead atoms. The summed E-state index contributed by atoms with van der Waals surface area (Å²) in [5.74, 6) is -0.0574. The van der Waals surface area contributed by atoms with Crippen LogP contribution in [0.3, 0.4) is 0 Å². The van der Waals surface area contributed by atoms with Gasteiger partial charge in [-0.3, -0.25) is 0 Å². The molecule has 26 heavy (non-hydrogen) atoms. The van der Waals surface area contributed by atoms with E-state index < -0.39 is 11.5 Å². The largest absolute Gasteiger partial charge is 0.351 e. The lowest BCUT2D eigenvalue weighted by Crippen LogP contribution is -2.25. The fourth-order valence-electron chi connectivity index (χ4n) is 2.83. The number of fused-ring (bicyclic) bond motifs is 2. The third kappa shape index (κ3) is 2.87. The molecule has 0 spiro atoms. The second kappa shape index (κ2) is 5.76. The molecule has 0 radical (unpaired) electrons. The summed E-state index contributed by atoms with van der Waals surface area (Å²) in [5.41, 5.74) is 1.84. The normalized spacial score (nSPS) is 12.2. The third-order valence-electron chi connectivity index (χ3n) is 4.16. The Bertz CT molecular complexity index is 1110. The number of pyridine rings is 1. The highest BCUT2D eigenvalue weighted by atomic mass is 19.1. The number of rotatable bonds is 4. The van der Waals surface area contributed by atoms with Crippen LogP contribution in [0.25, 0.3) is 27.8 Å². The van der Waals surface area contributed by atoms with Crippen molar-refractivity contribution in [2.75, 3.05) is 11.9 Å². The molecule has 2 N–H and O–H groups in total. The Morgan fingerprint density at radius 2 is 2.08 bits per heavy atom. The first-order valence-electron chi connectivity index (χ1n) is 8.22. The molecule has 0 saturated heterocycles. The van der Waals surface area contributed by atoms with Crippen molar-refractivity contribution in [1.29, 1.82) is 0 Å². The van der Waals surface area contributed by atoms with Crippen molar-refractivity contribution < 1.29 is 8.78 Å². The highest BCUT2D eigenvalue weighted by Crippen LogP contribution is 2.29. The number of nitrogens with zero attached hydrogens (tertiary/aromatic N) is 4. The minimum atomic E-state index is -1.37. The smallest absolute Gasteiger partial charge is 0.224 e. The molecule has 0 atom stereocenters. The van der Waals surface area contributed by atoms with Gasteiger partial charge in [0.05, 0.1) is 6.54 Å². The van der Waals surface area contributed by atoms with Crippen molar-refractivity contribution >= 4 is 22.6 Å². The number of imidazole rings is 1. The number of aryl methyl sites for hydroxylation is 1. The fourth-order valence-corrected chi connectivity index (χ4v) is 2.83. The molecule has 134 valence electrons. The number of H-pyrrole nitrogens is 1. The van der Waals surface area contributed by atoms with Crippen LogP contribution in [-0.4, -0.2) is 36.6 Å². The van der Waals surface area contributed by atoms with Gasteiger partial charge in [-0.15, -0.1) is 0 Å². The van der Waals surface area contributed by atoms with E-state index in [9.17, 15) is 8.78 Å². The Kier molecular flexibility index (Phi) is 3.64. The fraction of sp³-hybridized carbons (Fsp3) is 0.278. The van der Waals surface area contributed by atoms with Gasteiger partial charge in [-0.1, -0.05) is 0 Å². The van der Waals surface area contributed by atoms with E-state index in [1.165, 1.54) is 19.9 Å². The van der Waals surface area contributed by atoms with E-state index in [-0.39, 0.29) is 6.54 Å². The second-order valence-corrected chi connectivity index (χ2v) is 6.90. The van der Waals surface area contributed by atoms with Crippen molar-refractivity contribution in [2.24, 2.45) is 0 Å². The summed E-state index contributed by atoms with van der Waals surface area (Å²) in [7, 11) is 0. The van der Waals surface area contributed by atoms with Crippen molar-refractivity contribution in [3.05, 3.63) is 42.4 Å². The monoisotopic (exact) mass is 356 g/mol. The number of hydrogen-bond acceptors (Lipinski definition) is 4. The van der Waals surface area contributed by atoms with Crippen LogP contribution in [-0.2, 0) is 0 Å². The average Bonchev–Trinajstić information content (AvgIpc) is 3.16. The number of halogens is 2. The number of aromatic nitrogens is 5. The first-order valence-corrected chi connectivity index (χ1v) is 8.22. The van der Waals surface area contributed by atoms with E-state index in [1.54, 1.807) is 23.0 Å². The van der Waals surface area contributed by atoms with E-state index in [2.05, 4.69) is 25.3 Å². The molecule has 0 aliphatic heterocycles. The van der Waals surface area contributed by atoms with Crippen molar-refractivity contribution in [3.8, 4) is 11.1 Å².